The molecule has 0 aromatic heterocycles. The van der Waals surface area contributed by atoms with E-state index in [0.717, 1.165) is 31.3 Å². The summed E-state index contributed by atoms with van der Waals surface area (Å²) >= 11 is 0. The Morgan fingerprint density at radius 2 is 1.72 bits per heavy atom. The summed E-state index contributed by atoms with van der Waals surface area (Å²) < 4.78 is 5.29. The van der Waals surface area contributed by atoms with Crippen LogP contribution in [-0.4, -0.2) is 63.6 Å². The highest BCUT2D eigenvalue weighted by molar-refractivity contribution is 5.81. The summed E-state index contributed by atoms with van der Waals surface area (Å²) in [6.45, 7) is 9.91. The molecule has 3 N–H and O–H groups in total. The maximum absolute atomic E-state index is 11.9. The average Bonchev–Trinajstić information content (AvgIpc) is 3.23. The van der Waals surface area contributed by atoms with Crippen molar-refractivity contribution in [3.63, 3.8) is 0 Å². The van der Waals surface area contributed by atoms with Gasteiger partial charge in [-0.25, -0.2) is 0 Å². The lowest BCUT2D eigenvalue weighted by Gasteiger charge is -2.29. The quantitative estimate of drug-likeness (QED) is 0.352. The van der Waals surface area contributed by atoms with Gasteiger partial charge >= 0.3 is 0 Å². The summed E-state index contributed by atoms with van der Waals surface area (Å²) in [6, 6.07) is 8.60. The number of carbonyl (C=O) groups excluding carboxylic acids is 1. The minimum atomic E-state index is -0.374. The van der Waals surface area contributed by atoms with Crippen molar-refractivity contribution in [2.45, 2.75) is 39.7 Å². The number of likely N-dealkylation sites (tertiary alicyclic amines) is 1. The largest absolute Gasteiger partial charge is 0.497 e. The van der Waals surface area contributed by atoms with Crippen molar-refractivity contribution >= 4 is 11.9 Å². The van der Waals surface area contributed by atoms with Gasteiger partial charge in [-0.1, -0.05) is 32.9 Å². The first-order valence-electron chi connectivity index (χ1n) is 10.5. The van der Waals surface area contributed by atoms with E-state index in [1.165, 1.54) is 18.4 Å². The number of rotatable bonds is 8. The van der Waals surface area contributed by atoms with Crippen molar-refractivity contribution in [1.29, 1.82) is 0 Å². The number of guanidine groups is 1. The van der Waals surface area contributed by atoms with Crippen LogP contribution in [0.15, 0.2) is 29.3 Å². The van der Waals surface area contributed by atoms with E-state index in [0.29, 0.717) is 13.1 Å². The molecule has 1 unspecified atom stereocenters. The molecule has 1 saturated heterocycles. The number of amides is 1. The molecule has 1 heterocycles. The van der Waals surface area contributed by atoms with Crippen molar-refractivity contribution < 1.29 is 9.53 Å². The minimum absolute atomic E-state index is 0.0517. The van der Waals surface area contributed by atoms with Crippen LogP contribution in [0.2, 0.25) is 0 Å². The Kier molecular flexibility index (Phi) is 8.76. The lowest BCUT2D eigenvalue weighted by molar-refractivity contribution is -0.128. The van der Waals surface area contributed by atoms with Crippen molar-refractivity contribution in [2.24, 2.45) is 10.4 Å². The third-order valence-electron chi connectivity index (χ3n) is 5.15. The number of methoxy groups -OCH3 is 1. The first-order valence-corrected chi connectivity index (χ1v) is 10.5. The normalized spacial score (nSPS) is 16.4. The topological polar surface area (TPSA) is 78.0 Å². The van der Waals surface area contributed by atoms with Crippen LogP contribution >= 0.6 is 0 Å². The van der Waals surface area contributed by atoms with Crippen LogP contribution < -0.4 is 20.7 Å². The Hall–Kier alpha value is -2.28. The Bertz CT molecular complexity index is 661. The van der Waals surface area contributed by atoms with Gasteiger partial charge < -0.3 is 20.7 Å². The van der Waals surface area contributed by atoms with E-state index >= 15 is 0 Å². The van der Waals surface area contributed by atoms with E-state index in [-0.39, 0.29) is 17.4 Å². The molecule has 7 heteroatoms. The molecule has 1 fully saturated rings. The molecule has 162 valence electrons. The van der Waals surface area contributed by atoms with Gasteiger partial charge in [0.05, 0.1) is 13.2 Å². The molecule has 1 aliphatic rings. The molecule has 29 heavy (non-hydrogen) atoms. The smallest absolute Gasteiger partial charge is 0.225 e. The van der Waals surface area contributed by atoms with Gasteiger partial charge in [0.25, 0.3) is 0 Å². The predicted molar refractivity (Wildman–Crippen MR) is 118 cm³/mol. The zero-order valence-corrected chi connectivity index (χ0v) is 18.5. The summed E-state index contributed by atoms with van der Waals surface area (Å²) in [4.78, 5) is 18.8. The third-order valence-corrected chi connectivity index (χ3v) is 5.15. The lowest BCUT2D eigenvalue weighted by atomic mass is 9.96. The van der Waals surface area contributed by atoms with Gasteiger partial charge in [0.1, 0.15) is 5.75 Å². The number of hydrogen-bond donors (Lipinski definition) is 3. The fraction of sp³-hybridized carbons (Fsp3) is 0.636. The summed E-state index contributed by atoms with van der Waals surface area (Å²) in [7, 11) is 3.45. The maximum atomic E-state index is 11.9. The molecular formula is C22H37N5O2. The van der Waals surface area contributed by atoms with E-state index in [4.69, 9.17) is 4.74 Å². The van der Waals surface area contributed by atoms with Gasteiger partial charge in [0.2, 0.25) is 5.91 Å². The SMILES string of the molecule is CN=C(NCCNC(=O)C(C)(C)C)NCC(c1ccc(OC)cc1)N1CCCC1. The number of nitrogens with zero attached hydrogens (tertiary/aromatic N) is 2. The predicted octanol–water partition coefficient (Wildman–Crippen LogP) is 2.16. The van der Waals surface area contributed by atoms with Crippen LogP contribution in [0.3, 0.4) is 0 Å². The number of aliphatic imine (C=N–C) groups is 1. The van der Waals surface area contributed by atoms with Crippen LogP contribution in [0.4, 0.5) is 0 Å². The van der Waals surface area contributed by atoms with Crippen LogP contribution in [0.5, 0.6) is 5.75 Å². The monoisotopic (exact) mass is 403 g/mol. The standard InChI is InChI=1S/C22H37N5O2/c1-22(2,3)20(28)24-12-13-25-21(23-4)26-16-19(27-14-6-7-15-27)17-8-10-18(29-5)11-9-17/h8-11,19H,6-7,12-16H2,1-5H3,(H,24,28)(H2,23,25,26). The van der Waals surface area contributed by atoms with E-state index in [1.807, 2.05) is 32.9 Å². The second kappa shape index (κ2) is 11.0. The van der Waals surface area contributed by atoms with Crippen LogP contribution in [0, 0.1) is 5.41 Å². The summed E-state index contributed by atoms with van der Waals surface area (Å²) in [5.41, 5.74) is 0.898. The second-order valence-corrected chi connectivity index (χ2v) is 8.42. The van der Waals surface area contributed by atoms with Crippen LogP contribution in [0.1, 0.15) is 45.2 Å². The van der Waals surface area contributed by atoms with Crippen molar-refractivity contribution in [3.8, 4) is 5.75 Å². The van der Waals surface area contributed by atoms with Gasteiger partial charge in [-0.3, -0.25) is 14.7 Å². The molecule has 1 amide bonds. The highest BCUT2D eigenvalue weighted by atomic mass is 16.5. The highest BCUT2D eigenvalue weighted by Gasteiger charge is 2.24. The molecule has 0 saturated carbocycles. The van der Waals surface area contributed by atoms with Gasteiger partial charge in [-0.15, -0.1) is 0 Å². The Morgan fingerprint density at radius 1 is 1.10 bits per heavy atom. The highest BCUT2D eigenvalue weighted by Crippen LogP contribution is 2.26. The first-order chi connectivity index (χ1) is 13.8. The zero-order valence-electron chi connectivity index (χ0n) is 18.5. The molecular weight excluding hydrogens is 366 g/mol. The summed E-state index contributed by atoms with van der Waals surface area (Å²) in [5, 5.41) is 9.67. The van der Waals surface area contributed by atoms with Crippen molar-refractivity contribution in [2.75, 3.05) is 46.9 Å². The average molecular weight is 404 g/mol. The first kappa shape index (κ1) is 23.0. The number of nitrogens with one attached hydrogen (secondary N) is 3. The maximum Gasteiger partial charge on any atom is 0.225 e. The van der Waals surface area contributed by atoms with Gasteiger partial charge in [0, 0.05) is 32.1 Å². The van der Waals surface area contributed by atoms with E-state index in [9.17, 15) is 4.79 Å². The zero-order chi connectivity index (χ0) is 21.3. The lowest BCUT2D eigenvalue weighted by Crippen LogP contribution is -2.45. The number of carbonyl (C=O) groups is 1. The van der Waals surface area contributed by atoms with Crippen molar-refractivity contribution in [3.05, 3.63) is 29.8 Å². The van der Waals surface area contributed by atoms with Gasteiger partial charge in [0.15, 0.2) is 5.96 Å². The van der Waals surface area contributed by atoms with Crippen LogP contribution in [-0.2, 0) is 4.79 Å². The summed E-state index contributed by atoms with van der Waals surface area (Å²) in [5.74, 6) is 1.67. The Morgan fingerprint density at radius 3 is 2.28 bits per heavy atom. The Labute approximate surface area is 175 Å². The number of benzene rings is 1. The fourth-order valence-corrected chi connectivity index (χ4v) is 3.37. The second-order valence-electron chi connectivity index (χ2n) is 8.42. The van der Waals surface area contributed by atoms with E-state index in [2.05, 4.69) is 38.0 Å². The molecule has 0 radical (unpaired) electrons. The molecule has 1 aromatic carbocycles. The molecule has 2 rings (SSSR count). The third kappa shape index (κ3) is 7.24. The number of hydrogen-bond acceptors (Lipinski definition) is 4. The Balaban J connectivity index is 1.88. The van der Waals surface area contributed by atoms with Crippen LogP contribution in [0.25, 0.3) is 0 Å². The molecule has 1 aromatic rings. The number of ether oxygens (including phenoxy) is 1. The summed E-state index contributed by atoms with van der Waals surface area (Å²) in [6.07, 6.45) is 2.49. The fourth-order valence-electron chi connectivity index (χ4n) is 3.37. The molecule has 0 bridgehead atoms. The molecule has 1 atom stereocenters. The minimum Gasteiger partial charge on any atom is -0.497 e. The van der Waals surface area contributed by atoms with E-state index < -0.39 is 0 Å². The van der Waals surface area contributed by atoms with Gasteiger partial charge in [-0.05, 0) is 43.6 Å². The molecule has 0 aliphatic carbocycles. The van der Waals surface area contributed by atoms with Crippen molar-refractivity contribution in [1.82, 2.24) is 20.9 Å². The van der Waals surface area contributed by atoms with Gasteiger partial charge in [-0.2, -0.15) is 0 Å². The van der Waals surface area contributed by atoms with E-state index in [1.54, 1.807) is 14.2 Å². The molecule has 7 nitrogen and oxygen atoms in total. The molecule has 1 aliphatic heterocycles. The molecule has 0 spiro atoms.